The fourth-order valence-corrected chi connectivity index (χ4v) is 1.17. The van der Waals surface area contributed by atoms with Crippen molar-refractivity contribution in [2.24, 2.45) is 5.73 Å². The van der Waals surface area contributed by atoms with E-state index in [1.54, 1.807) is 0 Å². The first-order valence-electron chi connectivity index (χ1n) is 4.04. The van der Waals surface area contributed by atoms with Gasteiger partial charge in [0.15, 0.2) is 11.6 Å². The third-order valence-corrected chi connectivity index (χ3v) is 1.84. The fourth-order valence-electron chi connectivity index (χ4n) is 1.17. The molecule has 6 heteroatoms. The Morgan fingerprint density at radius 1 is 1.33 bits per heavy atom. The summed E-state index contributed by atoms with van der Waals surface area (Å²) in [4.78, 5) is 10.3. The predicted molar refractivity (Wildman–Crippen MR) is 45.5 cm³/mol. The maximum atomic E-state index is 13.1. The zero-order valence-corrected chi connectivity index (χ0v) is 7.51. The van der Waals surface area contributed by atoms with Crippen LogP contribution in [0, 0.1) is 17.5 Å². The quantitative estimate of drug-likeness (QED) is 0.758. The van der Waals surface area contributed by atoms with Gasteiger partial charge >= 0.3 is 5.97 Å². The van der Waals surface area contributed by atoms with Crippen molar-refractivity contribution < 1.29 is 23.1 Å². The molecule has 0 unspecified atom stereocenters. The Bertz CT molecular complexity index is 395. The average Bonchev–Trinajstić information content (AvgIpc) is 2.11. The van der Waals surface area contributed by atoms with Crippen LogP contribution in [0.1, 0.15) is 18.0 Å². The van der Waals surface area contributed by atoms with E-state index >= 15 is 0 Å². The lowest BCUT2D eigenvalue weighted by atomic mass is 10.0. The molecule has 0 aliphatic heterocycles. The molecule has 1 aromatic rings. The molecule has 0 saturated carbocycles. The SMILES string of the molecule is N[C@@H](CC(=O)O)c1c(F)ccc(F)c1F. The van der Waals surface area contributed by atoms with Crippen molar-refractivity contribution in [1.29, 1.82) is 0 Å². The van der Waals surface area contributed by atoms with E-state index in [4.69, 9.17) is 10.8 Å². The predicted octanol–water partition coefficient (Wildman–Crippen LogP) is 1.58. The summed E-state index contributed by atoms with van der Waals surface area (Å²) in [6.07, 6.45) is -0.669. The van der Waals surface area contributed by atoms with Crippen LogP contribution >= 0.6 is 0 Å². The highest BCUT2D eigenvalue weighted by Gasteiger charge is 2.21. The van der Waals surface area contributed by atoms with Gasteiger partial charge in [-0.3, -0.25) is 4.79 Å². The van der Waals surface area contributed by atoms with Crippen molar-refractivity contribution in [3.8, 4) is 0 Å². The molecule has 1 aromatic carbocycles. The smallest absolute Gasteiger partial charge is 0.305 e. The van der Waals surface area contributed by atoms with Crippen molar-refractivity contribution in [2.75, 3.05) is 0 Å². The highest BCUT2D eigenvalue weighted by Crippen LogP contribution is 2.23. The van der Waals surface area contributed by atoms with E-state index in [-0.39, 0.29) is 0 Å². The number of aliphatic carboxylic acids is 1. The minimum atomic E-state index is -1.44. The van der Waals surface area contributed by atoms with Crippen LogP contribution in [0.25, 0.3) is 0 Å². The summed E-state index contributed by atoms with van der Waals surface area (Å²) in [7, 11) is 0. The highest BCUT2D eigenvalue weighted by atomic mass is 19.2. The topological polar surface area (TPSA) is 63.3 Å². The summed E-state index contributed by atoms with van der Waals surface area (Å²) in [5, 5.41) is 8.38. The van der Waals surface area contributed by atoms with Crippen LogP contribution in [0.5, 0.6) is 0 Å². The number of hydrogen-bond acceptors (Lipinski definition) is 2. The van der Waals surface area contributed by atoms with Crippen LogP contribution in [0.15, 0.2) is 12.1 Å². The third-order valence-electron chi connectivity index (χ3n) is 1.84. The van der Waals surface area contributed by atoms with Gasteiger partial charge in [-0.1, -0.05) is 0 Å². The Balaban J connectivity index is 3.12. The second-order valence-electron chi connectivity index (χ2n) is 2.96. The lowest BCUT2D eigenvalue weighted by molar-refractivity contribution is -0.137. The molecule has 0 amide bonds. The number of rotatable bonds is 3. The maximum Gasteiger partial charge on any atom is 0.305 e. The van der Waals surface area contributed by atoms with Gasteiger partial charge in [-0.15, -0.1) is 0 Å². The first-order valence-corrected chi connectivity index (χ1v) is 4.04. The summed E-state index contributed by atoms with van der Waals surface area (Å²) >= 11 is 0. The lowest BCUT2D eigenvalue weighted by Gasteiger charge is -2.11. The molecular formula is C9H8F3NO2. The summed E-state index contributed by atoms with van der Waals surface area (Å²) in [6, 6.07) is -0.0879. The number of benzene rings is 1. The molecule has 1 atom stereocenters. The Kier molecular flexibility index (Phi) is 3.31. The Labute approximate surface area is 83.3 Å². The Morgan fingerprint density at radius 2 is 1.87 bits per heavy atom. The van der Waals surface area contributed by atoms with Gasteiger partial charge in [-0.2, -0.15) is 0 Å². The number of nitrogens with two attached hydrogens (primary N) is 1. The van der Waals surface area contributed by atoms with Gasteiger partial charge in [0.05, 0.1) is 6.42 Å². The fraction of sp³-hybridized carbons (Fsp3) is 0.222. The standard InChI is InChI=1S/C9H8F3NO2/c10-4-1-2-5(11)9(12)8(4)6(13)3-7(14)15/h1-2,6H,3,13H2,(H,14,15)/t6-/m0/s1. The molecule has 0 aliphatic carbocycles. The van der Waals surface area contributed by atoms with E-state index in [1.165, 1.54) is 0 Å². The zero-order chi connectivity index (χ0) is 11.6. The molecule has 0 fully saturated rings. The number of carbonyl (C=O) groups is 1. The van der Waals surface area contributed by atoms with Gasteiger partial charge in [-0.25, -0.2) is 13.2 Å². The van der Waals surface area contributed by atoms with Crippen molar-refractivity contribution in [2.45, 2.75) is 12.5 Å². The van der Waals surface area contributed by atoms with E-state index in [0.29, 0.717) is 12.1 Å². The first-order chi connectivity index (χ1) is 6.93. The lowest BCUT2D eigenvalue weighted by Crippen LogP contribution is -2.18. The summed E-state index contributed by atoms with van der Waals surface area (Å²) < 4.78 is 38.8. The van der Waals surface area contributed by atoms with Crippen molar-refractivity contribution in [1.82, 2.24) is 0 Å². The molecule has 82 valence electrons. The minimum Gasteiger partial charge on any atom is -0.481 e. The van der Waals surface area contributed by atoms with Crippen LogP contribution < -0.4 is 5.73 Å². The van der Waals surface area contributed by atoms with Gasteiger partial charge in [-0.05, 0) is 12.1 Å². The number of carboxylic acid groups (broad SMARTS) is 1. The largest absolute Gasteiger partial charge is 0.481 e. The monoisotopic (exact) mass is 219 g/mol. The van der Waals surface area contributed by atoms with Crippen molar-refractivity contribution >= 4 is 5.97 Å². The number of hydrogen-bond donors (Lipinski definition) is 2. The third kappa shape index (κ3) is 2.47. The van der Waals surface area contributed by atoms with E-state index in [2.05, 4.69) is 0 Å². The second kappa shape index (κ2) is 4.31. The van der Waals surface area contributed by atoms with Crippen LogP contribution in [0.4, 0.5) is 13.2 Å². The summed E-state index contributed by atoms with van der Waals surface area (Å²) in [6.45, 7) is 0. The van der Waals surface area contributed by atoms with Gasteiger partial charge in [0.2, 0.25) is 0 Å². The van der Waals surface area contributed by atoms with Gasteiger partial charge < -0.3 is 10.8 Å². The van der Waals surface area contributed by atoms with E-state index < -0.39 is 41.4 Å². The molecule has 0 radical (unpaired) electrons. The zero-order valence-electron chi connectivity index (χ0n) is 7.51. The van der Waals surface area contributed by atoms with Crippen LogP contribution in [0.3, 0.4) is 0 Å². The maximum absolute atomic E-state index is 13.1. The molecule has 0 aromatic heterocycles. The molecule has 0 bridgehead atoms. The molecule has 0 heterocycles. The molecule has 0 aliphatic rings. The number of halogens is 3. The Hall–Kier alpha value is -1.56. The van der Waals surface area contributed by atoms with Crippen molar-refractivity contribution in [3.05, 3.63) is 35.1 Å². The first kappa shape index (κ1) is 11.5. The normalized spacial score (nSPS) is 12.5. The molecule has 0 spiro atoms. The van der Waals surface area contributed by atoms with E-state index in [9.17, 15) is 18.0 Å². The molecule has 3 N–H and O–H groups in total. The molecule has 0 saturated heterocycles. The molecule has 1 rings (SSSR count). The van der Waals surface area contributed by atoms with Crippen molar-refractivity contribution in [3.63, 3.8) is 0 Å². The van der Waals surface area contributed by atoms with E-state index in [1.807, 2.05) is 0 Å². The molecular weight excluding hydrogens is 211 g/mol. The van der Waals surface area contributed by atoms with Gasteiger partial charge in [0.1, 0.15) is 5.82 Å². The second-order valence-corrected chi connectivity index (χ2v) is 2.96. The highest BCUT2D eigenvalue weighted by molar-refractivity contribution is 5.67. The van der Waals surface area contributed by atoms with Crippen LogP contribution in [-0.4, -0.2) is 11.1 Å². The summed E-state index contributed by atoms with van der Waals surface area (Å²) in [5.41, 5.74) is 4.50. The average molecular weight is 219 g/mol. The van der Waals surface area contributed by atoms with Crippen LogP contribution in [-0.2, 0) is 4.79 Å². The Morgan fingerprint density at radius 3 is 2.40 bits per heavy atom. The molecule has 3 nitrogen and oxygen atoms in total. The van der Waals surface area contributed by atoms with Gasteiger partial charge in [0, 0.05) is 11.6 Å². The molecule has 15 heavy (non-hydrogen) atoms. The minimum absolute atomic E-state index is 0.613. The van der Waals surface area contributed by atoms with Gasteiger partial charge in [0.25, 0.3) is 0 Å². The van der Waals surface area contributed by atoms with E-state index in [0.717, 1.165) is 0 Å². The van der Waals surface area contributed by atoms with Crippen LogP contribution in [0.2, 0.25) is 0 Å². The number of carboxylic acids is 1. The summed E-state index contributed by atoms with van der Waals surface area (Å²) in [5.74, 6) is -5.07.